The molecule has 0 saturated carbocycles. The molecule has 2 unspecified atom stereocenters. The van der Waals surface area contributed by atoms with E-state index in [-0.39, 0.29) is 0 Å². The Bertz CT molecular complexity index is 370. The number of likely N-dealkylation sites (N-methyl/N-ethyl adjacent to an activating group) is 1. The van der Waals surface area contributed by atoms with Crippen LogP contribution in [0.2, 0.25) is 0 Å². The van der Waals surface area contributed by atoms with E-state index >= 15 is 0 Å². The van der Waals surface area contributed by atoms with Crippen LogP contribution in [0.3, 0.4) is 0 Å². The number of nitrogens with zero attached hydrogens (tertiary/aromatic N) is 1. The number of rotatable bonds is 8. The van der Waals surface area contributed by atoms with Gasteiger partial charge >= 0.3 is 0 Å². The van der Waals surface area contributed by atoms with Crippen LogP contribution in [-0.4, -0.2) is 56.6 Å². The molecule has 2 atom stereocenters. The van der Waals surface area contributed by atoms with Crippen molar-refractivity contribution >= 4 is 0 Å². The third-order valence-electron chi connectivity index (χ3n) is 3.32. The first kappa shape index (κ1) is 16.0. The summed E-state index contributed by atoms with van der Waals surface area (Å²) in [5.41, 5.74) is 1.19. The van der Waals surface area contributed by atoms with Gasteiger partial charge in [0.05, 0.1) is 19.8 Å². The minimum atomic E-state index is -0.449. The van der Waals surface area contributed by atoms with E-state index in [1.165, 1.54) is 5.56 Å². The fourth-order valence-electron chi connectivity index (χ4n) is 2.10. The van der Waals surface area contributed by atoms with E-state index in [0.29, 0.717) is 19.2 Å². The van der Waals surface area contributed by atoms with Crippen molar-refractivity contribution in [3.8, 4) is 5.75 Å². The summed E-state index contributed by atoms with van der Waals surface area (Å²) in [5.74, 6) is 0.917. The van der Waals surface area contributed by atoms with Gasteiger partial charge in [0.1, 0.15) is 5.75 Å². The quantitative estimate of drug-likeness (QED) is 0.776. The van der Waals surface area contributed by atoms with Crippen LogP contribution in [-0.2, 0) is 11.2 Å². The average molecular weight is 267 g/mol. The number of hydrogen-bond donors (Lipinski definition) is 1. The number of ether oxygens (including phenoxy) is 2. The van der Waals surface area contributed by atoms with E-state index in [2.05, 4.69) is 17.9 Å². The molecule has 4 heteroatoms. The Morgan fingerprint density at radius 1 is 1.26 bits per heavy atom. The van der Waals surface area contributed by atoms with Crippen LogP contribution >= 0.6 is 0 Å². The maximum absolute atomic E-state index is 9.74. The molecule has 0 aromatic heterocycles. The highest BCUT2D eigenvalue weighted by Crippen LogP contribution is 2.20. The minimum Gasteiger partial charge on any atom is -0.496 e. The van der Waals surface area contributed by atoms with Gasteiger partial charge in [0.15, 0.2) is 0 Å². The van der Waals surface area contributed by atoms with Crippen molar-refractivity contribution in [3.63, 3.8) is 0 Å². The monoisotopic (exact) mass is 267 g/mol. The first-order chi connectivity index (χ1) is 9.08. The van der Waals surface area contributed by atoms with Gasteiger partial charge in [-0.25, -0.2) is 0 Å². The van der Waals surface area contributed by atoms with Gasteiger partial charge in [0, 0.05) is 19.7 Å². The van der Waals surface area contributed by atoms with E-state index in [1.54, 1.807) is 14.2 Å². The Balaban J connectivity index is 2.55. The van der Waals surface area contributed by atoms with Crippen molar-refractivity contribution in [1.29, 1.82) is 0 Å². The summed E-state index contributed by atoms with van der Waals surface area (Å²) >= 11 is 0. The van der Waals surface area contributed by atoms with Crippen LogP contribution in [0.15, 0.2) is 24.3 Å². The number of aliphatic hydroxyl groups is 1. The fourth-order valence-corrected chi connectivity index (χ4v) is 2.10. The van der Waals surface area contributed by atoms with Crippen LogP contribution < -0.4 is 4.74 Å². The smallest absolute Gasteiger partial charge is 0.122 e. The largest absolute Gasteiger partial charge is 0.496 e. The molecule has 0 amide bonds. The van der Waals surface area contributed by atoms with E-state index < -0.39 is 6.10 Å². The second kappa shape index (κ2) is 8.15. The first-order valence-corrected chi connectivity index (χ1v) is 6.57. The third-order valence-corrected chi connectivity index (χ3v) is 3.32. The summed E-state index contributed by atoms with van der Waals surface area (Å²) in [6.07, 6.45) is 0.440. The second-order valence-electron chi connectivity index (χ2n) is 4.91. The maximum atomic E-state index is 9.74. The molecule has 19 heavy (non-hydrogen) atoms. The zero-order valence-electron chi connectivity index (χ0n) is 12.3. The molecule has 1 N–H and O–H groups in total. The summed E-state index contributed by atoms with van der Waals surface area (Å²) in [7, 11) is 5.30. The van der Waals surface area contributed by atoms with Gasteiger partial charge in [-0.1, -0.05) is 18.2 Å². The van der Waals surface area contributed by atoms with Crippen molar-refractivity contribution in [2.45, 2.75) is 25.5 Å². The summed E-state index contributed by atoms with van der Waals surface area (Å²) < 4.78 is 10.3. The van der Waals surface area contributed by atoms with Gasteiger partial charge in [-0.05, 0) is 32.0 Å². The molecule has 0 fully saturated rings. The van der Waals surface area contributed by atoms with Gasteiger partial charge in [0.25, 0.3) is 0 Å². The van der Waals surface area contributed by atoms with E-state index in [4.69, 9.17) is 9.47 Å². The van der Waals surface area contributed by atoms with Gasteiger partial charge in [-0.2, -0.15) is 0 Å². The van der Waals surface area contributed by atoms with E-state index in [9.17, 15) is 5.11 Å². The van der Waals surface area contributed by atoms with Gasteiger partial charge < -0.3 is 19.5 Å². The predicted molar refractivity (Wildman–Crippen MR) is 76.7 cm³/mol. The predicted octanol–water partition coefficient (Wildman–Crippen LogP) is 1.57. The molecule has 0 aliphatic carbocycles. The molecule has 0 aliphatic heterocycles. The SMILES string of the molecule is COCC(O)CN(C)C(C)Cc1ccccc1OC. The zero-order valence-corrected chi connectivity index (χ0v) is 12.3. The van der Waals surface area contributed by atoms with Crippen LogP contribution in [0.4, 0.5) is 0 Å². The lowest BCUT2D eigenvalue weighted by atomic mass is 10.0. The summed E-state index contributed by atoms with van der Waals surface area (Å²) in [6, 6.07) is 8.36. The van der Waals surface area contributed by atoms with Crippen molar-refractivity contribution in [2.24, 2.45) is 0 Å². The molecule has 0 aliphatic rings. The molecule has 4 nitrogen and oxygen atoms in total. The zero-order chi connectivity index (χ0) is 14.3. The first-order valence-electron chi connectivity index (χ1n) is 6.57. The number of aliphatic hydroxyl groups excluding tert-OH is 1. The molecular weight excluding hydrogens is 242 g/mol. The molecule has 0 heterocycles. The standard InChI is InChI=1S/C15H25NO3/c1-12(16(2)10-14(17)11-18-3)9-13-7-5-6-8-15(13)19-4/h5-8,12,14,17H,9-11H2,1-4H3. The highest BCUT2D eigenvalue weighted by atomic mass is 16.5. The molecule has 1 aromatic carbocycles. The summed E-state index contributed by atoms with van der Waals surface area (Å²) in [6.45, 7) is 3.11. The van der Waals surface area contributed by atoms with Crippen molar-refractivity contribution < 1.29 is 14.6 Å². The Hall–Kier alpha value is -1.10. The molecule has 0 spiro atoms. The van der Waals surface area contributed by atoms with Gasteiger partial charge in [-0.3, -0.25) is 0 Å². The number of benzene rings is 1. The van der Waals surface area contributed by atoms with E-state index in [0.717, 1.165) is 12.2 Å². The lowest BCUT2D eigenvalue weighted by molar-refractivity contribution is 0.0358. The number of methoxy groups -OCH3 is 2. The molecule has 1 rings (SSSR count). The Morgan fingerprint density at radius 2 is 1.95 bits per heavy atom. The topological polar surface area (TPSA) is 41.9 Å². The molecule has 108 valence electrons. The average Bonchev–Trinajstić information content (AvgIpc) is 2.39. The normalized spacial score (nSPS) is 14.4. The minimum absolute atomic E-state index is 0.322. The van der Waals surface area contributed by atoms with Gasteiger partial charge in [0.2, 0.25) is 0 Å². The van der Waals surface area contributed by atoms with Crippen molar-refractivity contribution in [2.75, 3.05) is 34.4 Å². The van der Waals surface area contributed by atoms with Crippen molar-refractivity contribution in [3.05, 3.63) is 29.8 Å². The van der Waals surface area contributed by atoms with E-state index in [1.807, 2.05) is 25.2 Å². The van der Waals surface area contributed by atoms with Gasteiger partial charge in [-0.15, -0.1) is 0 Å². The van der Waals surface area contributed by atoms with Crippen LogP contribution in [0.1, 0.15) is 12.5 Å². The fraction of sp³-hybridized carbons (Fsp3) is 0.600. The second-order valence-corrected chi connectivity index (χ2v) is 4.91. The Labute approximate surface area is 115 Å². The Kier molecular flexibility index (Phi) is 6.84. The Morgan fingerprint density at radius 3 is 2.58 bits per heavy atom. The van der Waals surface area contributed by atoms with Crippen molar-refractivity contribution in [1.82, 2.24) is 4.90 Å². The maximum Gasteiger partial charge on any atom is 0.122 e. The highest BCUT2D eigenvalue weighted by Gasteiger charge is 2.15. The summed E-state index contributed by atoms with van der Waals surface area (Å²) in [5, 5.41) is 9.74. The molecular formula is C15H25NO3. The lowest BCUT2D eigenvalue weighted by Gasteiger charge is -2.27. The molecule has 0 saturated heterocycles. The lowest BCUT2D eigenvalue weighted by Crippen LogP contribution is -2.38. The molecule has 0 radical (unpaired) electrons. The molecule has 0 bridgehead atoms. The third kappa shape index (κ3) is 5.19. The summed E-state index contributed by atoms with van der Waals surface area (Å²) in [4.78, 5) is 2.14. The molecule has 1 aromatic rings. The highest BCUT2D eigenvalue weighted by molar-refractivity contribution is 5.33. The number of hydrogen-bond acceptors (Lipinski definition) is 4. The van der Waals surface area contributed by atoms with Crippen LogP contribution in [0.5, 0.6) is 5.75 Å². The van der Waals surface area contributed by atoms with Crippen LogP contribution in [0, 0.1) is 0 Å². The van der Waals surface area contributed by atoms with Crippen LogP contribution in [0.25, 0.3) is 0 Å². The number of para-hydroxylation sites is 1.